The maximum atomic E-state index is 11.5. The van der Waals surface area contributed by atoms with Crippen molar-refractivity contribution in [3.05, 3.63) is 40.5 Å². The van der Waals surface area contributed by atoms with E-state index in [1.807, 2.05) is 0 Å². The van der Waals surface area contributed by atoms with Crippen molar-refractivity contribution in [3.63, 3.8) is 0 Å². The van der Waals surface area contributed by atoms with E-state index in [0.717, 1.165) is 6.07 Å². The molecule has 1 aromatic rings. The van der Waals surface area contributed by atoms with Crippen molar-refractivity contribution in [1.82, 2.24) is 0 Å². The van der Waals surface area contributed by atoms with E-state index in [-0.39, 0.29) is 11.7 Å². The van der Waals surface area contributed by atoms with Gasteiger partial charge < -0.3 is 9.52 Å². The van der Waals surface area contributed by atoms with E-state index in [2.05, 4.69) is 19.1 Å². The van der Waals surface area contributed by atoms with Crippen molar-refractivity contribution < 1.29 is 9.52 Å². The van der Waals surface area contributed by atoms with Gasteiger partial charge in [0.05, 0.1) is 6.07 Å². The van der Waals surface area contributed by atoms with Crippen molar-refractivity contribution in [2.45, 2.75) is 38.5 Å². The Bertz CT molecular complexity index is 543. The van der Waals surface area contributed by atoms with Gasteiger partial charge in [0.15, 0.2) is 0 Å². The number of rotatable bonds is 1. The molecule has 0 bridgehead atoms. The van der Waals surface area contributed by atoms with Crippen molar-refractivity contribution in [1.29, 1.82) is 0 Å². The molecule has 0 saturated heterocycles. The minimum absolute atomic E-state index is 0.0142. The Hall–Kier alpha value is -1.51. The van der Waals surface area contributed by atoms with E-state index in [0.29, 0.717) is 23.5 Å². The van der Waals surface area contributed by atoms with Crippen LogP contribution >= 0.6 is 0 Å². The van der Waals surface area contributed by atoms with Crippen LogP contribution in [0, 0.1) is 17.8 Å². The fourth-order valence-corrected chi connectivity index (χ4v) is 3.82. The van der Waals surface area contributed by atoms with Gasteiger partial charge in [-0.1, -0.05) is 31.9 Å². The van der Waals surface area contributed by atoms with Gasteiger partial charge in [-0.3, -0.25) is 0 Å². The van der Waals surface area contributed by atoms with Gasteiger partial charge in [0.25, 0.3) is 0 Å². The molecule has 2 aliphatic rings. The summed E-state index contributed by atoms with van der Waals surface area (Å²) in [5, 5.41) is 9.63. The van der Waals surface area contributed by atoms with Gasteiger partial charge in [-0.25, -0.2) is 4.79 Å². The Morgan fingerprint density at radius 1 is 1.21 bits per heavy atom. The summed E-state index contributed by atoms with van der Waals surface area (Å²) in [7, 11) is 0. The van der Waals surface area contributed by atoms with Crippen LogP contribution < -0.4 is 5.63 Å². The molecule has 0 spiro atoms. The first-order valence-electron chi connectivity index (χ1n) is 7.17. The highest BCUT2D eigenvalue weighted by Gasteiger charge is 2.38. The Balaban J connectivity index is 2.01. The molecular formula is C16H20O3. The van der Waals surface area contributed by atoms with Crippen LogP contribution in [0.2, 0.25) is 0 Å². The molecule has 3 heteroatoms. The Labute approximate surface area is 113 Å². The molecule has 0 unspecified atom stereocenters. The standard InChI is InChI=1S/C16H20O3/c1-10-6-7-11-4-2-3-5-13(11)16(10)14-8-12(17)9-15(18)19-14/h6-11,13,16-17H,2-5H2,1H3/t10-,11+,13+,16+/m0/s1. The second kappa shape index (κ2) is 4.87. The molecule has 1 N–H and O–H groups in total. The SMILES string of the molecule is C[C@H]1C=C[C@H]2CCCC[C@H]2[C@@H]1c1cc(O)cc(=O)o1. The first-order valence-corrected chi connectivity index (χ1v) is 7.17. The smallest absolute Gasteiger partial charge is 0.339 e. The normalized spacial score (nSPS) is 33.9. The lowest BCUT2D eigenvalue weighted by Gasteiger charge is -2.40. The summed E-state index contributed by atoms with van der Waals surface area (Å²) >= 11 is 0. The van der Waals surface area contributed by atoms with Crippen LogP contribution in [-0.2, 0) is 0 Å². The van der Waals surface area contributed by atoms with Crippen molar-refractivity contribution in [3.8, 4) is 5.75 Å². The lowest BCUT2D eigenvalue weighted by molar-refractivity contribution is 0.179. The Morgan fingerprint density at radius 2 is 2.00 bits per heavy atom. The maximum Gasteiger partial charge on any atom is 0.339 e. The van der Waals surface area contributed by atoms with Gasteiger partial charge >= 0.3 is 5.63 Å². The number of fused-ring (bicyclic) bond motifs is 1. The summed E-state index contributed by atoms with van der Waals surface area (Å²) in [5.41, 5.74) is -0.455. The molecule has 1 heterocycles. The van der Waals surface area contributed by atoms with Gasteiger partial charge in [-0.15, -0.1) is 0 Å². The monoisotopic (exact) mass is 260 g/mol. The van der Waals surface area contributed by atoms with Crippen molar-refractivity contribution >= 4 is 0 Å². The van der Waals surface area contributed by atoms with Gasteiger partial charge in [-0.2, -0.15) is 0 Å². The molecule has 4 atom stereocenters. The highest BCUT2D eigenvalue weighted by atomic mass is 16.4. The molecule has 102 valence electrons. The zero-order valence-electron chi connectivity index (χ0n) is 11.2. The number of hydrogen-bond donors (Lipinski definition) is 1. The number of allylic oxidation sites excluding steroid dienone is 2. The summed E-state index contributed by atoms with van der Waals surface area (Å²) in [6, 6.07) is 2.75. The summed E-state index contributed by atoms with van der Waals surface area (Å²) in [5.74, 6) is 2.37. The first-order chi connectivity index (χ1) is 9.15. The summed E-state index contributed by atoms with van der Waals surface area (Å²) in [6.45, 7) is 2.16. The van der Waals surface area contributed by atoms with Gasteiger partial charge in [-0.05, 0) is 30.6 Å². The zero-order chi connectivity index (χ0) is 13.4. The van der Waals surface area contributed by atoms with Gasteiger partial charge in [0.1, 0.15) is 11.5 Å². The molecule has 0 amide bonds. The molecule has 3 rings (SSSR count). The molecule has 19 heavy (non-hydrogen) atoms. The minimum Gasteiger partial charge on any atom is -0.508 e. The lowest BCUT2D eigenvalue weighted by Crippen LogP contribution is -2.31. The highest BCUT2D eigenvalue weighted by molar-refractivity contribution is 5.24. The van der Waals surface area contributed by atoms with Crippen LogP contribution in [0.5, 0.6) is 5.75 Å². The average molecular weight is 260 g/mol. The van der Waals surface area contributed by atoms with E-state index >= 15 is 0 Å². The predicted molar refractivity (Wildman–Crippen MR) is 73.1 cm³/mol. The highest BCUT2D eigenvalue weighted by Crippen LogP contribution is 2.47. The number of hydrogen-bond acceptors (Lipinski definition) is 3. The Kier molecular flexibility index (Phi) is 3.21. The second-order valence-corrected chi connectivity index (χ2v) is 5.92. The van der Waals surface area contributed by atoms with Crippen LogP contribution in [0.4, 0.5) is 0 Å². The van der Waals surface area contributed by atoms with Crippen LogP contribution in [0.1, 0.15) is 44.3 Å². The van der Waals surface area contributed by atoms with Gasteiger partial charge in [0.2, 0.25) is 0 Å². The van der Waals surface area contributed by atoms with Crippen molar-refractivity contribution in [2.24, 2.45) is 17.8 Å². The summed E-state index contributed by atoms with van der Waals surface area (Å²) in [4.78, 5) is 11.5. The van der Waals surface area contributed by atoms with E-state index < -0.39 is 5.63 Å². The van der Waals surface area contributed by atoms with Crippen LogP contribution in [0.25, 0.3) is 0 Å². The first kappa shape index (κ1) is 12.5. The fourth-order valence-electron chi connectivity index (χ4n) is 3.82. The van der Waals surface area contributed by atoms with Crippen LogP contribution in [0.15, 0.2) is 33.5 Å². The third kappa shape index (κ3) is 2.34. The van der Waals surface area contributed by atoms with Crippen molar-refractivity contribution in [2.75, 3.05) is 0 Å². The van der Waals surface area contributed by atoms with Gasteiger partial charge in [0, 0.05) is 12.0 Å². The molecule has 2 aliphatic carbocycles. The minimum atomic E-state index is -0.455. The average Bonchev–Trinajstić information content (AvgIpc) is 2.37. The molecule has 0 radical (unpaired) electrons. The second-order valence-electron chi connectivity index (χ2n) is 5.92. The topological polar surface area (TPSA) is 50.4 Å². The summed E-state index contributed by atoms with van der Waals surface area (Å²) < 4.78 is 5.37. The largest absolute Gasteiger partial charge is 0.508 e. The molecule has 1 saturated carbocycles. The third-order valence-corrected chi connectivity index (χ3v) is 4.67. The molecule has 3 nitrogen and oxygen atoms in total. The number of aromatic hydroxyl groups is 1. The predicted octanol–water partition coefficient (Wildman–Crippen LogP) is 3.44. The lowest BCUT2D eigenvalue weighted by atomic mass is 9.64. The molecule has 0 aromatic carbocycles. The molecule has 1 aromatic heterocycles. The third-order valence-electron chi connectivity index (χ3n) is 4.67. The van der Waals surface area contributed by atoms with Crippen LogP contribution in [0.3, 0.4) is 0 Å². The fraction of sp³-hybridized carbons (Fsp3) is 0.562. The molecule has 0 aliphatic heterocycles. The van der Waals surface area contributed by atoms with Crippen LogP contribution in [-0.4, -0.2) is 5.11 Å². The quantitative estimate of drug-likeness (QED) is 0.787. The maximum absolute atomic E-state index is 11.5. The molecule has 1 fully saturated rings. The molecular weight excluding hydrogens is 240 g/mol. The van der Waals surface area contributed by atoms with E-state index in [1.165, 1.54) is 25.7 Å². The zero-order valence-corrected chi connectivity index (χ0v) is 11.2. The van der Waals surface area contributed by atoms with E-state index in [4.69, 9.17) is 4.42 Å². The summed E-state index contributed by atoms with van der Waals surface area (Å²) in [6.07, 6.45) is 9.53. The van der Waals surface area contributed by atoms with E-state index in [9.17, 15) is 9.90 Å². The Morgan fingerprint density at radius 3 is 2.79 bits per heavy atom. The van der Waals surface area contributed by atoms with E-state index in [1.54, 1.807) is 6.07 Å².